The second-order valence-electron chi connectivity index (χ2n) is 6.12. The quantitative estimate of drug-likeness (QED) is 0.625. The molecule has 0 atom stereocenters. The molecule has 0 saturated heterocycles. The Morgan fingerprint density at radius 2 is 2.00 bits per heavy atom. The van der Waals surface area contributed by atoms with Gasteiger partial charge in [-0.2, -0.15) is 13.2 Å². The summed E-state index contributed by atoms with van der Waals surface area (Å²) in [5.41, 5.74) is -1.86. The van der Waals surface area contributed by atoms with E-state index in [9.17, 15) is 27.2 Å². The van der Waals surface area contributed by atoms with Crippen LogP contribution >= 0.6 is 0 Å². The Kier molecular flexibility index (Phi) is 3.80. The number of alkyl halides is 3. The smallest absolute Gasteiger partial charge is 0.419 e. The summed E-state index contributed by atoms with van der Waals surface area (Å²) in [5, 5.41) is 0. The van der Waals surface area contributed by atoms with Gasteiger partial charge in [-0.15, -0.1) is 0 Å². The van der Waals surface area contributed by atoms with Crippen molar-refractivity contribution in [3.8, 4) is 0 Å². The largest absolute Gasteiger partial charge is 0.465 e. The van der Waals surface area contributed by atoms with Crippen molar-refractivity contribution in [1.82, 2.24) is 4.90 Å². The van der Waals surface area contributed by atoms with Crippen molar-refractivity contribution in [3.05, 3.63) is 34.6 Å². The number of carbonyl (C=O) groups is 2. The van der Waals surface area contributed by atoms with Crippen LogP contribution in [0.1, 0.15) is 41.3 Å². The van der Waals surface area contributed by atoms with E-state index < -0.39 is 34.8 Å². The van der Waals surface area contributed by atoms with Crippen LogP contribution in [0.15, 0.2) is 12.1 Å². The lowest BCUT2D eigenvalue weighted by atomic mass is 9.85. The Bertz CT molecular complexity index is 710. The summed E-state index contributed by atoms with van der Waals surface area (Å²) in [7, 11) is 0. The summed E-state index contributed by atoms with van der Waals surface area (Å²) in [6.07, 6.45) is -3.63. The number of esters is 1. The first-order valence-electron chi connectivity index (χ1n) is 7.54. The third-order valence-electron chi connectivity index (χ3n) is 4.47. The van der Waals surface area contributed by atoms with Gasteiger partial charge in [0.05, 0.1) is 12.2 Å². The highest BCUT2D eigenvalue weighted by atomic mass is 19.4. The van der Waals surface area contributed by atoms with Gasteiger partial charge in [-0.3, -0.25) is 9.59 Å². The minimum atomic E-state index is -4.82. The van der Waals surface area contributed by atoms with E-state index in [4.69, 9.17) is 4.74 Å². The van der Waals surface area contributed by atoms with Gasteiger partial charge in [0.1, 0.15) is 12.4 Å². The van der Waals surface area contributed by atoms with Gasteiger partial charge < -0.3 is 9.64 Å². The molecule has 0 radical (unpaired) electrons. The number of carbonyl (C=O) groups excluding carboxylic acids is 2. The Balaban J connectivity index is 2.00. The van der Waals surface area contributed by atoms with Crippen LogP contribution in [-0.4, -0.2) is 36.5 Å². The van der Waals surface area contributed by atoms with Crippen molar-refractivity contribution in [1.29, 1.82) is 0 Å². The summed E-state index contributed by atoms with van der Waals surface area (Å²) in [6.45, 7) is 1.63. The number of halogens is 4. The van der Waals surface area contributed by atoms with Crippen LogP contribution in [0, 0.1) is 5.82 Å². The van der Waals surface area contributed by atoms with Gasteiger partial charge in [0.2, 0.25) is 0 Å². The summed E-state index contributed by atoms with van der Waals surface area (Å²) < 4.78 is 57.4. The molecule has 0 N–H and O–H groups in total. The molecule has 130 valence electrons. The lowest BCUT2D eigenvalue weighted by Crippen LogP contribution is -2.46. The van der Waals surface area contributed by atoms with Crippen molar-refractivity contribution in [2.75, 3.05) is 19.7 Å². The van der Waals surface area contributed by atoms with Crippen molar-refractivity contribution in [3.63, 3.8) is 0 Å². The van der Waals surface area contributed by atoms with E-state index >= 15 is 0 Å². The highest BCUT2D eigenvalue weighted by molar-refractivity contribution is 5.99. The maximum Gasteiger partial charge on any atom is 0.419 e. The van der Waals surface area contributed by atoms with E-state index in [0.29, 0.717) is 18.9 Å². The van der Waals surface area contributed by atoms with Gasteiger partial charge in [-0.25, -0.2) is 4.39 Å². The molecule has 1 spiro atoms. The predicted octanol–water partition coefficient (Wildman–Crippen LogP) is 2.90. The van der Waals surface area contributed by atoms with Crippen LogP contribution in [0.3, 0.4) is 0 Å². The molecule has 1 heterocycles. The maximum atomic E-state index is 13.8. The monoisotopic (exact) mass is 345 g/mol. The van der Waals surface area contributed by atoms with E-state index in [1.807, 2.05) is 0 Å². The summed E-state index contributed by atoms with van der Waals surface area (Å²) in [4.78, 5) is 25.3. The Morgan fingerprint density at radius 3 is 2.54 bits per heavy atom. The molecule has 0 aromatic heterocycles. The summed E-state index contributed by atoms with van der Waals surface area (Å²) in [5.74, 6) is -2.73. The molecule has 24 heavy (non-hydrogen) atoms. The highest BCUT2D eigenvalue weighted by Gasteiger charge is 2.53. The number of ether oxygens (including phenoxy) is 1. The molecular weight excluding hydrogens is 330 g/mol. The molecule has 1 aliphatic heterocycles. The van der Waals surface area contributed by atoms with Gasteiger partial charge in [0, 0.05) is 17.5 Å². The normalized spacial score (nSPS) is 18.5. The van der Waals surface area contributed by atoms with Crippen LogP contribution in [-0.2, 0) is 21.1 Å². The molecule has 1 amide bonds. The van der Waals surface area contributed by atoms with Crippen molar-refractivity contribution in [2.45, 2.75) is 31.4 Å². The molecule has 8 heteroatoms. The van der Waals surface area contributed by atoms with Crippen LogP contribution in [0.2, 0.25) is 0 Å². The molecule has 3 rings (SSSR count). The molecule has 1 aliphatic carbocycles. The van der Waals surface area contributed by atoms with E-state index in [0.717, 1.165) is 6.07 Å². The molecule has 1 fully saturated rings. The second kappa shape index (κ2) is 5.46. The zero-order chi connectivity index (χ0) is 17.7. The van der Waals surface area contributed by atoms with Crippen molar-refractivity contribution < 1.29 is 31.9 Å². The molecular formula is C16H15F4NO3. The fourth-order valence-corrected chi connectivity index (χ4v) is 3.17. The third kappa shape index (κ3) is 2.74. The van der Waals surface area contributed by atoms with Gasteiger partial charge >= 0.3 is 12.1 Å². The van der Waals surface area contributed by atoms with Crippen LogP contribution in [0.4, 0.5) is 17.6 Å². The summed E-state index contributed by atoms with van der Waals surface area (Å²) in [6, 6.07) is 1.38. The molecule has 1 aromatic carbocycles. The van der Waals surface area contributed by atoms with Gasteiger partial charge in [-0.1, -0.05) is 0 Å². The zero-order valence-electron chi connectivity index (χ0n) is 12.9. The SMILES string of the molecule is CCOC(=O)CN1CC2(CC2)c2cc(C(F)(F)F)c(F)cc2C1=O. The number of amides is 1. The average Bonchev–Trinajstić information content (AvgIpc) is 3.23. The minimum absolute atomic E-state index is 0.103. The predicted molar refractivity (Wildman–Crippen MR) is 74.9 cm³/mol. The lowest BCUT2D eigenvalue weighted by molar-refractivity contribution is -0.144. The second-order valence-corrected chi connectivity index (χ2v) is 6.12. The van der Waals surface area contributed by atoms with Gasteiger partial charge in [0.25, 0.3) is 5.91 Å². The molecule has 4 nitrogen and oxygen atoms in total. The van der Waals surface area contributed by atoms with Crippen molar-refractivity contribution >= 4 is 11.9 Å². The number of hydrogen-bond acceptors (Lipinski definition) is 3. The number of hydrogen-bond donors (Lipinski definition) is 0. The number of nitrogens with zero attached hydrogens (tertiary/aromatic N) is 1. The Hall–Kier alpha value is -2.12. The fourth-order valence-electron chi connectivity index (χ4n) is 3.17. The molecule has 0 bridgehead atoms. The first kappa shape index (κ1) is 16.7. The van der Waals surface area contributed by atoms with E-state index in [1.165, 1.54) is 4.90 Å². The van der Waals surface area contributed by atoms with Gasteiger partial charge in [0.15, 0.2) is 0 Å². The third-order valence-corrected chi connectivity index (χ3v) is 4.47. The number of rotatable bonds is 3. The topological polar surface area (TPSA) is 46.6 Å². The lowest BCUT2D eigenvalue weighted by Gasteiger charge is -2.34. The van der Waals surface area contributed by atoms with E-state index in [-0.39, 0.29) is 30.8 Å². The maximum absolute atomic E-state index is 13.8. The van der Waals surface area contributed by atoms with Crippen LogP contribution in [0.5, 0.6) is 0 Å². The molecule has 1 saturated carbocycles. The van der Waals surface area contributed by atoms with Gasteiger partial charge in [-0.05, 0) is 37.5 Å². The first-order chi connectivity index (χ1) is 11.2. The number of benzene rings is 1. The average molecular weight is 345 g/mol. The Labute approximate surface area is 135 Å². The molecule has 0 unspecified atom stereocenters. The zero-order valence-corrected chi connectivity index (χ0v) is 12.9. The standard InChI is InChI=1S/C16H15F4NO3/c1-2-24-13(22)7-21-8-15(3-4-15)10-6-11(16(18,19)20)12(17)5-9(10)14(21)23/h5-6H,2-4,7-8H2,1H3. The minimum Gasteiger partial charge on any atom is -0.465 e. The van der Waals surface area contributed by atoms with Crippen LogP contribution in [0.25, 0.3) is 0 Å². The summed E-state index contributed by atoms with van der Waals surface area (Å²) >= 11 is 0. The molecule has 1 aromatic rings. The van der Waals surface area contributed by atoms with E-state index in [1.54, 1.807) is 6.92 Å². The number of fused-ring (bicyclic) bond motifs is 2. The van der Waals surface area contributed by atoms with Crippen LogP contribution < -0.4 is 0 Å². The van der Waals surface area contributed by atoms with E-state index in [2.05, 4.69) is 0 Å². The Morgan fingerprint density at radius 1 is 1.33 bits per heavy atom. The highest BCUT2D eigenvalue weighted by Crippen LogP contribution is 2.53. The molecule has 2 aliphatic rings. The first-order valence-corrected chi connectivity index (χ1v) is 7.54. The fraction of sp³-hybridized carbons (Fsp3) is 0.500. The van der Waals surface area contributed by atoms with Crippen molar-refractivity contribution in [2.24, 2.45) is 0 Å².